The average Bonchev–Trinajstić information content (AvgIpc) is 2.46. The fraction of sp³-hybridized carbons (Fsp3) is 0.222. The monoisotopic (exact) mass is 209 g/mol. The number of aryl methyl sites for hydroxylation is 2. The molecule has 0 amide bonds. The van der Waals surface area contributed by atoms with E-state index >= 15 is 0 Å². The van der Waals surface area contributed by atoms with Crippen LogP contribution in [0.3, 0.4) is 0 Å². The zero-order valence-corrected chi connectivity index (χ0v) is 8.54. The van der Waals surface area contributed by atoms with Crippen LogP contribution in [0.1, 0.15) is 11.5 Å². The fourth-order valence-electron chi connectivity index (χ4n) is 1.32. The molecule has 2 rings (SSSR count). The van der Waals surface area contributed by atoms with Crippen molar-refractivity contribution in [3.8, 4) is 11.3 Å². The van der Waals surface area contributed by atoms with Crippen molar-refractivity contribution in [2.45, 2.75) is 13.8 Å². The van der Waals surface area contributed by atoms with Crippen molar-refractivity contribution in [2.75, 3.05) is 0 Å². The van der Waals surface area contributed by atoms with Gasteiger partial charge in [0.2, 0.25) is 0 Å². The maximum Gasteiger partial charge on any atom is 0.143 e. The Morgan fingerprint density at radius 2 is 2.07 bits per heavy atom. The Kier molecular flexibility index (Phi) is 2.21. The molecule has 0 radical (unpaired) electrons. The third-order valence-electron chi connectivity index (χ3n) is 1.92. The fourth-order valence-corrected chi connectivity index (χ4v) is 1.47. The summed E-state index contributed by atoms with van der Waals surface area (Å²) in [5.74, 6) is 0.734. The van der Waals surface area contributed by atoms with Crippen molar-refractivity contribution in [1.29, 1.82) is 0 Å². The van der Waals surface area contributed by atoms with Gasteiger partial charge in [0.05, 0.1) is 17.0 Å². The largest absolute Gasteiger partial charge is 0.361 e. The molecule has 0 unspecified atom stereocenters. The van der Waals surface area contributed by atoms with Gasteiger partial charge in [-0.05, 0) is 13.8 Å². The standard InChI is InChI=1S/C9H8ClN3O/c1-5-9(6(2)14-13-5)7-3-8(10)12-4-11-7/h3-4H,1-2H3. The van der Waals surface area contributed by atoms with Crippen LogP contribution < -0.4 is 0 Å². The number of aromatic nitrogens is 3. The highest BCUT2D eigenvalue weighted by molar-refractivity contribution is 6.29. The molecule has 0 N–H and O–H groups in total. The summed E-state index contributed by atoms with van der Waals surface area (Å²) in [5.41, 5.74) is 2.42. The van der Waals surface area contributed by atoms with E-state index in [9.17, 15) is 0 Å². The molecule has 0 bridgehead atoms. The van der Waals surface area contributed by atoms with Gasteiger partial charge in [0.15, 0.2) is 0 Å². The first-order chi connectivity index (χ1) is 6.68. The highest BCUT2D eigenvalue weighted by Gasteiger charge is 2.12. The molecule has 2 aromatic rings. The number of hydrogen-bond acceptors (Lipinski definition) is 4. The SMILES string of the molecule is Cc1noc(C)c1-c1cc(Cl)ncn1. The maximum atomic E-state index is 5.76. The minimum Gasteiger partial charge on any atom is -0.361 e. The van der Waals surface area contributed by atoms with Crippen molar-refractivity contribution in [3.05, 3.63) is 29.0 Å². The third kappa shape index (κ3) is 1.48. The highest BCUT2D eigenvalue weighted by atomic mass is 35.5. The van der Waals surface area contributed by atoms with Gasteiger partial charge in [0, 0.05) is 6.07 Å². The van der Waals surface area contributed by atoms with Gasteiger partial charge in [-0.25, -0.2) is 9.97 Å². The van der Waals surface area contributed by atoms with Crippen LogP contribution in [0.2, 0.25) is 5.15 Å². The average molecular weight is 210 g/mol. The van der Waals surface area contributed by atoms with Crippen LogP contribution in [0.25, 0.3) is 11.3 Å². The predicted octanol–water partition coefficient (Wildman–Crippen LogP) is 2.40. The molecule has 2 heterocycles. The Hall–Kier alpha value is -1.42. The summed E-state index contributed by atoms with van der Waals surface area (Å²) in [7, 11) is 0. The molecule has 0 saturated carbocycles. The summed E-state index contributed by atoms with van der Waals surface area (Å²) < 4.78 is 5.04. The molecule has 72 valence electrons. The van der Waals surface area contributed by atoms with Gasteiger partial charge in [-0.15, -0.1) is 0 Å². The van der Waals surface area contributed by atoms with E-state index in [0.717, 1.165) is 22.7 Å². The second kappa shape index (κ2) is 3.38. The summed E-state index contributed by atoms with van der Waals surface area (Å²) in [6, 6.07) is 1.69. The maximum absolute atomic E-state index is 5.76. The zero-order valence-electron chi connectivity index (χ0n) is 7.78. The molecule has 0 aliphatic rings. The van der Waals surface area contributed by atoms with E-state index in [1.54, 1.807) is 6.07 Å². The third-order valence-corrected chi connectivity index (χ3v) is 2.13. The molecule has 4 nitrogen and oxygen atoms in total. The van der Waals surface area contributed by atoms with Crippen molar-refractivity contribution >= 4 is 11.6 Å². The van der Waals surface area contributed by atoms with E-state index in [0.29, 0.717) is 5.15 Å². The van der Waals surface area contributed by atoms with Crippen LogP contribution >= 0.6 is 11.6 Å². The Labute approximate surface area is 85.9 Å². The zero-order chi connectivity index (χ0) is 10.1. The van der Waals surface area contributed by atoms with E-state index in [2.05, 4.69) is 15.1 Å². The van der Waals surface area contributed by atoms with Gasteiger partial charge in [-0.2, -0.15) is 0 Å². The lowest BCUT2D eigenvalue weighted by molar-refractivity contribution is 0.393. The predicted molar refractivity (Wildman–Crippen MR) is 52.0 cm³/mol. The van der Waals surface area contributed by atoms with Gasteiger partial charge in [-0.3, -0.25) is 0 Å². The van der Waals surface area contributed by atoms with Crippen molar-refractivity contribution in [1.82, 2.24) is 15.1 Å². The molecule has 0 fully saturated rings. The van der Waals surface area contributed by atoms with Gasteiger partial charge in [-0.1, -0.05) is 16.8 Å². The van der Waals surface area contributed by atoms with Crippen molar-refractivity contribution in [2.24, 2.45) is 0 Å². The Bertz CT molecular complexity index is 447. The summed E-state index contributed by atoms with van der Waals surface area (Å²) in [4.78, 5) is 7.92. The van der Waals surface area contributed by atoms with E-state index in [-0.39, 0.29) is 0 Å². The molecule has 14 heavy (non-hydrogen) atoms. The van der Waals surface area contributed by atoms with Crippen LogP contribution in [0.5, 0.6) is 0 Å². The summed E-state index contributed by atoms with van der Waals surface area (Å²) in [6.45, 7) is 3.70. The van der Waals surface area contributed by atoms with Gasteiger partial charge >= 0.3 is 0 Å². The normalized spacial score (nSPS) is 10.5. The lowest BCUT2D eigenvalue weighted by Gasteiger charge is -1.98. The Morgan fingerprint density at radius 3 is 2.64 bits per heavy atom. The van der Waals surface area contributed by atoms with Gasteiger partial charge in [0.1, 0.15) is 17.2 Å². The minimum absolute atomic E-state index is 0.412. The summed E-state index contributed by atoms with van der Waals surface area (Å²) in [6.07, 6.45) is 1.42. The first-order valence-electron chi connectivity index (χ1n) is 4.09. The van der Waals surface area contributed by atoms with Crippen LogP contribution in [-0.4, -0.2) is 15.1 Å². The first-order valence-corrected chi connectivity index (χ1v) is 4.47. The number of nitrogens with zero attached hydrogens (tertiary/aromatic N) is 3. The van der Waals surface area contributed by atoms with Crippen LogP contribution in [0, 0.1) is 13.8 Å². The highest BCUT2D eigenvalue weighted by Crippen LogP contribution is 2.25. The molecule has 5 heteroatoms. The molecule has 0 aliphatic heterocycles. The van der Waals surface area contributed by atoms with Crippen molar-refractivity contribution < 1.29 is 4.52 Å². The molecular weight excluding hydrogens is 202 g/mol. The van der Waals surface area contributed by atoms with E-state index < -0.39 is 0 Å². The smallest absolute Gasteiger partial charge is 0.143 e. The number of halogens is 1. The lowest BCUT2D eigenvalue weighted by atomic mass is 10.1. The molecular formula is C9H8ClN3O. The van der Waals surface area contributed by atoms with E-state index in [1.807, 2.05) is 13.8 Å². The molecule has 0 spiro atoms. The molecule has 0 atom stereocenters. The Balaban J connectivity index is 2.59. The molecule has 0 aromatic carbocycles. The van der Waals surface area contributed by atoms with E-state index in [4.69, 9.17) is 16.1 Å². The van der Waals surface area contributed by atoms with Gasteiger partial charge in [0.25, 0.3) is 0 Å². The topological polar surface area (TPSA) is 51.8 Å². The second-order valence-electron chi connectivity index (χ2n) is 2.93. The molecule has 0 aliphatic carbocycles. The van der Waals surface area contributed by atoms with Crippen molar-refractivity contribution in [3.63, 3.8) is 0 Å². The van der Waals surface area contributed by atoms with Gasteiger partial charge < -0.3 is 4.52 Å². The minimum atomic E-state index is 0.412. The van der Waals surface area contributed by atoms with Crippen LogP contribution in [0.4, 0.5) is 0 Å². The Morgan fingerprint density at radius 1 is 1.29 bits per heavy atom. The molecule has 2 aromatic heterocycles. The second-order valence-corrected chi connectivity index (χ2v) is 3.31. The van der Waals surface area contributed by atoms with Crippen LogP contribution in [-0.2, 0) is 0 Å². The molecule has 0 saturated heterocycles. The quantitative estimate of drug-likeness (QED) is 0.677. The van der Waals surface area contributed by atoms with E-state index in [1.165, 1.54) is 6.33 Å². The number of hydrogen-bond donors (Lipinski definition) is 0. The summed E-state index contributed by atoms with van der Waals surface area (Å²) >= 11 is 5.76. The lowest BCUT2D eigenvalue weighted by Crippen LogP contribution is -1.87. The summed E-state index contributed by atoms with van der Waals surface area (Å²) in [5, 5.41) is 4.26. The number of rotatable bonds is 1. The van der Waals surface area contributed by atoms with Crippen LogP contribution in [0.15, 0.2) is 16.9 Å². The first kappa shape index (κ1) is 9.15.